The first kappa shape index (κ1) is 18.5. The van der Waals surface area contributed by atoms with Crippen molar-refractivity contribution >= 4 is 23.0 Å². The Balaban J connectivity index is 1.57. The van der Waals surface area contributed by atoms with E-state index in [9.17, 15) is 0 Å². The lowest BCUT2D eigenvalue weighted by Gasteiger charge is -2.34. The summed E-state index contributed by atoms with van der Waals surface area (Å²) in [5.41, 5.74) is 2.32. The van der Waals surface area contributed by atoms with Gasteiger partial charge in [-0.15, -0.1) is 0 Å². The first-order valence-corrected chi connectivity index (χ1v) is 9.46. The van der Waals surface area contributed by atoms with Crippen LogP contribution in [0, 0.1) is 5.92 Å². The van der Waals surface area contributed by atoms with Crippen LogP contribution in [0.2, 0.25) is 0 Å². The van der Waals surface area contributed by atoms with E-state index in [1.807, 2.05) is 6.07 Å². The fourth-order valence-corrected chi connectivity index (χ4v) is 2.98. The van der Waals surface area contributed by atoms with Crippen molar-refractivity contribution in [3.63, 3.8) is 0 Å². The maximum Gasteiger partial charge on any atom is 0.135 e. The number of hydrogen-bond donors (Lipinski definition) is 2. The minimum atomic E-state index is 0.681. The minimum Gasteiger partial charge on any atom is -0.370 e. The summed E-state index contributed by atoms with van der Waals surface area (Å²) in [5, 5.41) is 6.72. The molecule has 1 fully saturated rings. The fourth-order valence-electron chi connectivity index (χ4n) is 2.98. The summed E-state index contributed by atoms with van der Waals surface area (Å²) in [6.07, 6.45) is 2.72. The Morgan fingerprint density at radius 1 is 1.00 bits per heavy atom. The number of nitrogens with zero attached hydrogens (tertiary/aromatic N) is 4. The zero-order valence-corrected chi connectivity index (χ0v) is 16.1. The molecule has 0 spiro atoms. The SMILES string of the molecule is CC(C)CCNc1cc(Nc2ccc(N3CCN(C)CC3)cc2)ncn1. The molecule has 1 aromatic carbocycles. The Hall–Kier alpha value is -2.34. The molecular formula is C20H30N6. The number of benzene rings is 1. The topological polar surface area (TPSA) is 56.3 Å². The van der Waals surface area contributed by atoms with Gasteiger partial charge in [0.05, 0.1) is 0 Å². The third-order valence-electron chi connectivity index (χ3n) is 4.70. The zero-order chi connectivity index (χ0) is 18.4. The van der Waals surface area contributed by atoms with Gasteiger partial charge < -0.3 is 20.4 Å². The lowest BCUT2D eigenvalue weighted by atomic mass is 10.1. The molecule has 0 saturated carbocycles. The Kier molecular flexibility index (Phi) is 6.28. The number of nitrogens with one attached hydrogen (secondary N) is 2. The quantitative estimate of drug-likeness (QED) is 0.794. The van der Waals surface area contributed by atoms with E-state index in [4.69, 9.17) is 0 Å². The molecule has 0 unspecified atom stereocenters. The molecule has 2 N–H and O–H groups in total. The predicted molar refractivity (Wildman–Crippen MR) is 109 cm³/mol. The second-order valence-electron chi connectivity index (χ2n) is 7.36. The molecule has 0 radical (unpaired) electrons. The van der Waals surface area contributed by atoms with Crippen molar-refractivity contribution in [2.24, 2.45) is 5.92 Å². The van der Waals surface area contributed by atoms with Gasteiger partial charge in [-0.3, -0.25) is 0 Å². The van der Waals surface area contributed by atoms with Gasteiger partial charge in [-0.1, -0.05) is 13.8 Å². The van der Waals surface area contributed by atoms with Gasteiger partial charge in [0.1, 0.15) is 18.0 Å². The van der Waals surface area contributed by atoms with Gasteiger partial charge in [0.25, 0.3) is 0 Å². The second kappa shape index (κ2) is 8.85. The highest BCUT2D eigenvalue weighted by molar-refractivity contribution is 5.62. The molecule has 0 aliphatic carbocycles. The monoisotopic (exact) mass is 354 g/mol. The highest BCUT2D eigenvalue weighted by atomic mass is 15.2. The van der Waals surface area contributed by atoms with Crippen LogP contribution in [-0.2, 0) is 0 Å². The fraction of sp³-hybridized carbons (Fsp3) is 0.500. The summed E-state index contributed by atoms with van der Waals surface area (Å²) >= 11 is 0. The standard InChI is InChI=1S/C20H30N6/c1-16(2)8-9-21-19-14-20(23-15-22-19)24-17-4-6-18(7-5-17)26-12-10-25(3)11-13-26/h4-7,14-16H,8-13H2,1-3H3,(H2,21,22,23,24). The van der Waals surface area contributed by atoms with Crippen molar-refractivity contribution in [1.82, 2.24) is 14.9 Å². The average molecular weight is 355 g/mol. The Morgan fingerprint density at radius 2 is 1.69 bits per heavy atom. The van der Waals surface area contributed by atoms with Crippen molar-refractivity contribution in [2.75, 3.05) is 55.3 Å². The molecule has 2 heterocycles. The lowest BCUT2D eigenvalue weighted by molar-refractivity contribution is 0.313. The molecular weight excluding hydrogens is 324 g/mol. The smallest absolute Gasteiger partial charge is 0.135 e. The van der Waals surface area contributed by atoms with E-state index < -0.39 is 0 Å². The lowest BCUT2D eigenvalue weighted by Crippen LogP contribution is -2.44. The van der Waals surface area contributed by atoms with Crippen LogP contribution in [-0.4, -0.2) is 54.6 Å². The van der Waals surface area contributed by atoms with Crippen molar-refractivity contribution in [3.05, 3.63) is 36.7 Å². The number of hydrogen-bond acceptors (Lipinski definition) is 6. The van der Waals surface area contributed by atoms with Crippen LogP contribution in [0.15, 0.2) is 36.7 Å². The van der Waals surface area contributed by atoms with Gasteiger partial charge in [-0.2, -0.15) is 0 Å². The van der Waals surface area contributed by atoms with Crippen LogP contribution in [0.4, 0.5) is 23.0 Å². The van der Waals surface area contributed by atoms with Gasteiger partial charge in [0.15, 0.2) is 0 Å². The van der Waals surface area contributed by atoms with Crippen LogP contribution in [0.5, 0.6) is 0 Å². The zero-order valence-electron chi connectivity index (χ0n) is 16.1. The molecule has 3 rings (SSSR count). The predicted octanol–water partition coefficient (Wildman–Crippen LogP) is 3.43. The molecule has 0 bridgehead atoms. The highest BCUT2D eigenvalue weighted by Gasteiger charge is 2.13. The Bertz CT molecular complexity index is 677. The van der Waals surface area contributed by atoms with Gasteiger partial charge in [-0.05, 0) is 43.7 Å². The molecule has 6 nitrogen and oxygen atoms in total. The van der Waals surface area contributed by atoms with E-state index >= 15 is 0 Å². The molecule has 1 aliphatic heterocycles. The van der Waals surface area contributed by atoms with Crippen molar-refractivity contribution in [3.8, 4) is 0 Å². The van der Waals surface area contributed by atoms with Gasteiger partial charge >= 0.3 is 0 Å². The third-order valence-corrected chi connectivity index (χ3v) is 4.70. The summed E-state index contributed by atoms with van der Waals surface area (Å²) in [7, 11) is 2.18. The Labute approximate surface area is 156 Å². The molecule has 2 aromatic rings. The summed E-state index contributed by atoms with van der Waals surface area (Å²) in [4.78, 5) is 13.4. The third kappa shape index (κ3) is 5.33. The highest BCUT2D eigenvalue weighted by Crippen LogP contribution is 2.22. The maximum atomic E-state index is 4.32. The molecule has 140 valence electrons. The summed E-state index contributed by atoms with van der Waals surface area (Å²) < 4.78 is 0. The van der Waals surface area contributed by atoms with Crippen LogP contribution in [0.25, 0.3) is 0 Å². The van der Waals surface area contributed by atoms with Crippen LogP contribution in [0.3, 0.4) is 0 Å². The van der Waals surface area contributed by atoms with E-state index in [-0.39, 0.29) is 0 Å². The molecule has 6 heteroatoms. The average Bonchev–Trinajstić information content (AvgIpc) is 2.63. The number of aromatic nitrogens is 2. The van der Waals surface area contributed by atoms with E-state index in [1.54, 1.807) is 6.33 Å². The minimum absolute atomic E-state index is 0.681. The van der Waals surface area contributed by atoms with E-state index in [0.29, 0.717) is 5.92 Å². The molecule has 0 atom stereocenters. The van der Waals surface area contributed by atoms with Crippen LogP contribution >= 0.6 is 0 Å². The number of likely N-dealkylation sites (N-methyl/N-ethyl adjacent to an activating group) is 1. The van der Waals surface area contributed by atoms with Crippen LogP contribution in [0.1, 0.15) is 20.3 Å². The first-order valence-electron chi connectivity index (χ1n) is 9.46. The normalized spacial score (nSPS) is 15.3. The van der Waals surface area contributed by atoms with Gasteiger partial charge in [-0.25, -0.2) is 9.97 Å². The van der Waals surface area contributed by atoms with E-state index in [0.717, 1.165) is 56.5 Å². The van der Waals surface area contributed by atoms with Gasteiger partial charge in [0, 0.05) is 50.2 Å². The largest absolute Gasteiger partial charge is 0.370 e. The number of piperazine rings is 1. The molecule has 0 amide bonds. The van der Waals surface area contributed by atoms with Crippen molar-refractivity contribution < 1.29 is 0 Å². The summed E-state index contributed by atoms with van der Waals surface area (Å²) in [5.74, 6) is 2.34. The molecule has 1 aromatic heterocycles. The van der Waals surface area contributed by atoms with Crippen molar-refractivity contribution in [1.29, 1.82) is 0 Å². The maximum absolute atomic E-state index is 4.32. The molecule has 1 saturated heterocycles. The van der Waals surface area contributed by atoms with Crippen molar-refractivity contribution in [2.45, 2.75) is 20.3 Å². The van der Waals surface area contributed by atoms with E-state index in [2.05, 4.69) is 75.6 Å². The molecule has 26 heavy (non-hydrogen) atoms. The Morgan fingerprint density at radius 3 is 2.38 bits per heavy atom. The summed E-state index contributed by atoms with van der Waals surface area (Å²) in [6.45, 7) is 9.77. The van der Waals surface area contributed by atoms with E-state index in [1.165, 1.54) is 5.69 Å². The number of anilines is 4. The van der Waals surface area contributed by atoms with Gasteiger partial charge in [0.2, 0.25) is 0 Å². The first-order chi connectivity index (χ1) is 12.6. The molecule has 1 aliphatic rings. The van der Waals surface area contributed by atoms with Crippen LogP contribution < -0.4 is 15.5 Å². The summed E-state index contributed by atoms with van der Waals surface area (Å²) in [6, 6.07) is 10.5. The number of rotatable bonds is 7. The second-order valence-corrected chi connectivity index (χ2v) is 7.36.